The summed E-state index contributed by atoms with van der Waals surface area (Å²) in [5, 5.41) is 10.4. The van der Waals surface area contributed by atoms with E-state index in [2.05, 4.69) is 0 Å². The number of halogens is 3. The Kier molecular flexibility index (Phi) is 5.18. The number of carbonyl (C=O) groups is 1. The van der Waals surface area contributed by atoms with Crippen LogP contribution in [0.3, 0.4) is 0 Å². The first kappa shape index (κ1) is 20.0. The van der Waals surface area contributed by atoms with Crippen LogP contribution in [0.5, 0.6) is 5.75 Å². The van der Waals surface area contributed by atoms with Crippen LogP contribution in [0.4, 0.5) is 18.9 Å². The smallest absolute Gasteiger partial charge is 0.425 e. The van der Waals surface area contributed by atoms with Gasteiger partial charge in [-0.3, -0.25) is 4.79 Å². The summed E-state index contributed by atoms with van der Waals surface area (Å²) in [6, 6.07) is 6.18. The summed E-state index contributed by atoms with van der Waals surface area (Å²) >= 11 is 0. The van der Waals surface area contributed by atoms with E-state index in [9.17, 15) is 23.1 Å². The molecular formula is C20H26F3NO3. The molecule has 1 saturated heterocycles. The minimum absolute atomic E-state index is 0.0537. The van der Waals surface area contributed by atoms with Crippen LogP contribution >= 0.6 is 0 Å². The zero-order chi connectivity index (χ0) is 19.9. The Labute approximate surface area is 157 Å². The molecule has 1 heterocycles. The number of nitrogens with zero attached hydrogens (tertiary/aromatic N) is 1. The lowest BCUT2D eigenvalue weighted by atomic mass is 9.67. The van der Waals surface area contributed by atoms with Gasteiger partial charge in [-0.2, -0.15) is 13.2 Å². The number of alkyl halides is 3. The number of anilines is 1. The highest BCUT2D eigenvalue weighted by Gasteiger charge is 2.51. The van der Waals surface area contributed by atoms with Crippen molar-refractivity contribution in [1.82, 2.24) is 0 Å². The lowest BCUT2D eigenvalue weighted by Crippen LogP contribution is -2.43. The van der Waals surface area contributed by atoms with Gasteiger partial charge in [0, 0.05) is 12.2 Å². The fourth-order valence-electron chi connectivity index (χ4n) is 4.05. The first-order valence-electron chi connectivity index (χ1n) is 9.46. The predicted octanol–water partition coefficient (Wildman–Crippen LogP) is 4.45. The second kappa shape index (κ2) is 7.00. The fourth-order valence-corrected chi connectivity index (χ4v) is 4.05. The van der Waals surface area contributed by atoms with E-state index in [0.717, 1.165) is 13.3 Å². The summed E-state index contributed by atoms with van der Waals surface area (Å²) in [5.41, 5.74) is -0.408. The summed E-state index contributed by atoms with van der Waals surface area (Å²) in [5.74, 6) is 0.175. The summed E-state index contributed by atoms with van der Waals surface area (Å²) < 4.78 is 42.7. The molecule has 2 aliphatic rings. The van der Waals surface area contributed by atoms with E-state index >= 15 is 0 Å². The highest BCUT2D eigenvalue weighted by Crippen LogP contribution is 2.49. The molecule has 2 fully saturated rings. The van der Waals surface area contributed by atoms with Gasteiger partial charge in [0.1, 0.15) is 5.75 Å². The Morgan fingerprint density at radius 1 is 1.15 bits per heavy atom. The molecule has 4 nitrogen and oxygen atoms in total. The van der Waals surface area contributed by atoms with Gasteiger partial charge in [-0.25, -0.2) is 0 Å². The second-order valence-corrected chi connectivity index (χ2v) is 7.86. The van der Waals surface area contributed by atoms with Crippen LogP contribution in [0, 0.1) is 5.41 Å². The minimum Gasteiger partial charge on any atom is -0.481 e. The molecule has 1 N–H and O–H groups in total. The van der Waals surface area contributed by atoms with Gasteiger partial charge in [0.2, 0.25) is 5.91 Å². The van der Waals surface area contributed by atoms with Gasteiger partial charge in [0.05, 0.1) is 11.0 Å². The molecule has 1 atom stereocenters. The Balaban J connectivity index is 1.67. The Bertz CT molecular complexity index is 679. The van der Waals surface area contributed by atoms with E-state index < -0.39 is 23.3 Å². The van der Waals surface area contributed by atoms with Crippen LogP contribution < -0.4 is 9.64 Å². The topological polar surface area (TPSA) is 49.8 Å². The SMILES string of the molecule is CC[C@]1(O)CC[C@@]2(CCN(c3ccc(OC(C)C(F)(F)F)cc3)C2=O)CC1. The molecule has 0 bridgehead atoms. The zero-order valence-corrected chi connectivity index (χ0v) is 15.7. The standard InChI is InChI=1S/C20H26F3NO3/c1-3-19(26)10-8-18(9-11-19)12-13-24(17(18)25)15-4-6-16(7-5-15)27-14(2)20(21,22)23/h4-7,14,26H,3,8-13H2,1-2H3/t14?,18-,19-. The van der Waals surface area contributed by atoms with Gasteiger partial charge in [0.15, 0.2) is 6.10 Å². The summed E-state index contributed by atoms with van der Waals surface area (Å²) in [4.78, 5) is 14.7. The maximum Gasteiger partial charge on any atom is 0.425 e. The van der Waals surface area contributed by atoms with Crippen molar-refractivity contribution in [3.63, 3.8) is 0 Å². The maximum absolute atomic E-state index is 13.0. The molecule has 7 heteroatoms. The van der Waals surface area contributed by atoms with Crippen molar-refractivity contribution < 1.29 is 27.8 Å². The molecule has 3 rings (SSSR count). The lowest BCUT2D eigenvalue weighted by molar-refractivity contribution is -0.189. The third-order valence-corrected chi connectivity index (χ3v) is 6.23. The average Bonchev–Trinajstić information content (AvgIpc) is 2.94. The van der Waals surface area contributed by atoms with E-state index in [4.69, 9.17) is 4.74 Å². The Morgan fingerprint density at radius 3 is 2.26 bits per heavy atom. The van der Waals surface area contributed by atoms with Gasteiger partial charge in [0.25, 0.3) is 0 Å². The van der Waals surface area contributed by atoms with Crippen LogP contribution in [0.25, 0.3) is 0 Å². The lowest BCUT2D eigenvalue weighted by Gasteiger charge is -2.40. The van der Waals surface area contributed by atoms with E-state index in [1.807, 2.05) is 6.92 Å². The van der Waals surface area contributed by atoms with Crippen LogP contribution in [-0.2, 0) is 4.79 Å². The van der Waals surface area contributed by atoms with Crippen LogP contribution in [-0.4, -0.2) is 35.4 Å². The molecule has 1 aromatic carbocycles. The first-order chi connectivity index (χ1) is 12.6. The third kappa shape index (κ3) is 3.93. The van der Waals surface area contributed by atoms with Crippen molar-refractivity contribution >= 4 is 11.6 Å². The quantitative estimate of drug-likeness (QED) is 0.833. The number of benzene rings is 1. The molecule has 1 unspecified atom stereocenters. The highest BCUT2D eigenvalue weighted by atomic mass is 19.4. The van der Waals surface area contributed by atoms with Crippen LogP contribution in [0.2, 0.25) is 0 Å². The average molecular weight is 385 g/mol. The van der Waals surface area contributed by atoms with Crippen LogP contribution in [0.15, 0.2) is 24.3 Å². The highest BCUT2D eigenvalue weighted by molar-refractivity contribution is 6.00. The number of hydrogen-bond donors (Lipinski definition) is 1. The molecule has 1 aliphatic heterocycles. The summed E-state index contributed by atoms with van der Waals surface area (Å²) in [7, 11) is 0. The number of ether oxygens (including phenoxy) is 1. The van der Waals surface area contributed by atoms with E-state index in [1.165, 1.54) is 12.1 Å². The second-order valence-electron chi connectivity index (χ2n) is 7.86. The summed E-state index contributed by atoms with van der Waals surface area (Å²) in [6.07, 6.45) is -2.25. The molecule has 0 radical (unpaired) electrons. The third-order valence-electron chi connectivity index (χ3n) is 6.23. The molecule has 150 valence electrons. The van der Waals surface area contributed by atoms with Crippen molar-refractivity contribution in [2.24, 2.45) is 5.41 Å². The molecule has 0 aromatic heterocycles. The van der Waals surface area contributed by atoms with Gasteiger partial charge < -0.3 is 14.7 Å². The zero-order valence-electron chi connectivity index (χ0n) is 15.7. The summed E-state index contributed by atoms with van der Waals surface area (Å²) in [6.45, 7) is 3.51. The molecule has 27 heavy (non-hydrogen) atoms. The molecule has 1 saturated carbocycles. The minimum atomic E-state index is -4.42. The normalized spacial score (nSPS) is 30.0. The number of amides is 1. The van der Waals surface area contributed by atoms with Crippen molar-refractivity contribution in [1.29, 1.82) is 0 Å². The molecular weight excluding hydrogens is 359 g/mol. The maximum atomic E-state index is 13.0. The first-order valence-corrected chi connectivity index (χ1v) is 9.46. The van der Waals surface area contributed by atoms with Crippen molar-refractivity contribution in [3.8, 4) is 5.75 Å². The molecule has 1 aromatic rings. The molecule has 1 spiro atoms. The number of aliphatic hydroxyl groups is 1. The fraction of sp³-hybridized carbons (Fsp3) is 0.650. The number of hydrogen-bond acceptors (Lipinski definition) is 3. The predicted molar refractivity (Wildman–Crippen MR) is 95.7 cm³/mol. The van der Waals surface area contributed by atoms with Gasteiger partial charge in [-0.05, 0) is 69.7 Å². The van der Waals surface area contributed by atoms with Gasteiger partial charge in [-0.1, -0.05) is 6.92 Å². The van der Waals surface area contributed by atoms with E-state index in [0.29, 0.717) is 44.3 Å². The van der Waals surface area contributed by atoms with Crippen LogP contribution in [0.1, 0.15) is 52.4 Å². The van der Waals surface area contributed by atoms with E-state index in [1.54, 1.807) is 17.0 Å². The monoisotopic (exact) mass is 385 g/mol. The van der Waals surface area contributed by atoms with Gasteiger partial charge >= 0.3 is 6.18 Å². The Morgan fingerprint density at radius 2 is 1.74 bits per heavy atom. The largest absolute Gasteiger partial charge is 0.481 e. The van der Waals surface area contributed by atoms with E-state index in [-0.39, 0.29) is 11.7 Å². The Hall–Kier alpha value is -1.76. The number of rotatable bonds is 4. The van der Waals surface area contributed by atoms with Crippen molar-refractivity contribution in [2.75, 3.05) is 11.4 Å². The van der Waals surface area contributed by atoms with Gasteiger partial charge in [-0.15, -0.1) is 0 Å². The molecule has 1 aliphatic carbocycles. The number of carbonyl (C=O) groups excluding carboxylic acids is 1. The van der Waals surface area contributed by atoms with Crippen molar-refractivity contribution in [2.45, 2.75) is 70.3 Å². The van der Waals surface area contributed by atoms with Crippen molar-refractivity contribution in [3.05, 3.63) is 24.3 Å². The molecule has 1 amide bonds.